The number of aromatic hydroxyl groups is 1. The van der Waals surface area contributed by atoms with Crippen molar-refractivity contribution in [2.24, 2.45) is 0 Å². The summed E-state index contributed by atoms with van der Waals surface area (Å²) in [4.78, 5) is 15.6. The summed E-state index contributed by atoms with van der Waals surface area (Å²) in [6.45, 7) is 3.28. The lowest BCUT2D eigenvalue weighted by atomic mass is 10.0. The van der Waals surface area contributed by atoms with Gasteiger partial charge in [-0.25, -0.2) is 4.98 Å². The van der Waals surface area contributed by atoms with E-state index < -0.39 is 0 Å². The summed E-state index contributed by atoms with van der Waals surface area (Å²) in [5.74, 6) is -0.286. The van der Waals surface area contributed by atoms with Crippen LogP contribution in [0.4, 0.5) is 0 Å². The van der Waals surface area contributed by atoms with E-state index in [9.17, 15) is 9.90 Å². The summed E-state index contributed by atoms with van der Waals surface area (Å²) >= 11 is 5.85. The lowest BCUT2D eigenvalue weighted by molar-refractivity contribution is 0.101. The number of hydrogen-bond donors (Lipinski definition) is 1. The lowest BCUT2D eigenvalue weighted by Crippen LogP contribution is -1.97. The molecule has 0 saturated heterocycles. The highest BCUT2D eigenvalue weighted by Gasteiger charge is 2.14. The number of aromatic nitrogens is 1. The fourth-order valence-corrected chi connectivity index (χ4v) is 2.01. The number of ketones is 1. The molecular formula is C12H10ClNO2. The average molecular weight is 236 g/mol. The van der Waals surface area contributed by atoms with Crippen LogP contribution in [-0.2, 0) is 0 Å². The number of hydrogen-bond acceptors (Lipinski definition) is 3. The Morgan fingerprint density at radius 3 is 2.75 bits per heavy atom. The quantitative estimate of drug-likeness (QED) is 0.610. The molecule has 0 radical (unpaired) electrons. The smallest absolute Gasteiger partial charge is 0.165 e. The van der Waals surface area contributed by atoms with Gasteiger partial charge in [0.1, 0.15) is 10.9 Å². The predicted octanol–water partition coefficient (Wildman–Crippen LogP) is 3.10. The number of carbonyl (C=O) groups excluding carboxylic acids is 1. The molecule has 1 N–H and O–H groups in total. The third-order valence-corrected chi connectivity index (χ3v) is 2.68. The Labute approximate surface area is 97.7 Å². The number of pyridine rings is 1. The highest BCUT2D eigenvalue weighted by atomic mass is 35.5. The van der Waals surface area contributed by atoms with Gasteiger partial charge in [-0.05, 0) is 37.6 Å². The molecule has 0 fully saturated rings. The Hall–Kier alpha value is -1.61. The van der Waals surface area contributed by atoms with Crippen LogP contribution in [0.3, 0.4) is 0 Å². The fraction of sp³-hybridized carbons (Fsp3) is 0.167. The van der Waals surface area contributed by atoms with Crippen molar-refractivity contribution in [3.63, 3.8) is 0 Å². The molecule has 2 rings (SSSR count). The van der Waals surface area contributed by atoms with Crippen molar-refractivity contribution in [2.75, 3.05) is 0 Å². The summed E-state index contributed by atoms with van der Waals surface area (Å²) in [5.41, 5.74) is 1.61. The number of halogens is 1. The normalized spacial score (nSPS) is 10.7. The van der Waals surface area contributed by atoms with Gasteiger partial charge in [-0.2, -0.15) is 0 Å². The second-order valence-electron chi connectivity index (χ2n) is 3.67. The Balaban J connectivity index is 2.97. The molecule has 1 heterocycles. The van der Waals surface area contributed by atoms with Gasteiger partial charge in [0, 0.05) is 5.39 Å². The molecule has 0 spiro atoms. The molecule has 0 aliphatic rings. The zero-order valence-electron chi connectivity index (χ0n) is 8.91. The van der Waals surface area contributed by atoms with E-state index in [-0.39, 0.29) is 17.1 Å². The number of phenols is 1. The highest BCUT2D eigenvalue weighted by Crippen LogP contribution is 2.29. The summed E-state index contributed by atoms with van der Waals surface area (Å²) in [6, 6.07) is 4.96. The van der Waals surface area contributed by atoms with E-state index >= 15 is 0 Å². The molecule has 16 heavy (non-hydrogen) atoms. The summed E-state index contributed by atoms with van der Waals surface area (Å²) in [6.07, 6.45) is 0. The van der Waals surface area contributed by atoms with E-state index in [0.29, 0.717) is 10.7 Å². The summed E-state index contributed by atoms with van der Waals surface area (Å²) in [7, 11) is 0. The van der Waals surface area contributed by atoms with Gasteiger partial charge < -0.3 is 5.11 Å². The van der Waals surface area contributed by atoms with Crippen molar-refractivity contribution in [1.82, 2.24) is 4.98 Å². The molecule has 0 saturated carbocycles. The third kappa shape index (κ3) is 1.63. The molecule has 0 aliphatic carbocycles. The largest absolute Gasteiger partial charge is 0.507 e. The van der Waals surface area contributed by atoms with Crippen LogP contribution >= 0.6 is 11.6 Å². The minimum atomic E-state index is -0.225. The van der Waals surface area contributed by atoms with E-state index in [4.69, 9.17) is 11.6 Å². The highest BCUT2D eigenvalue weighted by molar-refractivity contribution is 6.30. The van der Waals surface area contributed by atoms with Crippen LogP contribution in [0.15, 0.2) is 18.2 Å². The van der Waals surface area contributed by atoms with Crippen LogP contribution in [0.1, 0.15) is 22.8 Å². The molecule has 0 bridgehead atoms. The monoisotopic (exact) mass is 235 g/mol. The molecule has 1 aromatic heterocycles. The minimum Gasteiger partial charge on any atom is -0.507 e. The third-order valence-electron chi connectivity index (χ3n) is 2.49. The van der Waals surface area contributed by atoms with Gasteiger partial charge in [0.25, 0.3) is 0 Å². The number of benzene rings is 1. The van der Waals surface area contributed by atoms with E-state index in [0.717, 1.165) is 10.9 Å². The van der Waals surface area contributed by atoms with Gasteiger partial charge >= 0.3 is 0 Å². The van der Waals surface area contributed by atoms with Crippen molar-refractivity contribution in [2.45, 2.75) is 13.8 Å². The molecule has 0 amide bonds. The first kappa shape index (κ1) is 10.9. The van der Waals surface area contributed by atoms with Crippen LogP contribution in [-0.4, -0.2) is 15.9 Å². The number of fused-ring (bicyclic) bond motifs is 1. The van der Waals surface area contributed by atoms with Crippen LogP contribution in [0, 0.1) is 6.92 Å². The first-order chi connectivity index (χ1) is 7.50. The zero-order valence-corrected chi connectivity index (χ0v) is 9.67. The van der Waals surface area contributed by atoms with Crippen molar-refractivity contribution in [1.29, 1.82) is 0 Å². The Morgan fingerprint density at radius 2 is 2.12 bits per heavy atom. The molecule has 0 unspecified atom stereocenters. The number of Topliss-reactive ketones (excluding diaryl/α,β-unsaturated/α-hetero) is 1. The van der Waals surface area contributed by atoms with Gasteiger partial charge in [0.2, 0.25) is 0 Å². The second kappa shape index (κ2) is 3.76. The van der Waals surface area contributed by atoms with Gasteiger partial charge in [-0.1, -0.05) is 11.6 Å². The first-order valence-electron chi connectivity index (χ1n) is 4.80. The Kier molecular flexibility index (Phi) is 2.56. The number of nitrogens with zero attached hydrogens (tertiary/aromatic N) is 1. The number of aryl methyl sites for hydroxylation is 1. The van der Waals surface area contributed by atoms with E-state index in [1.807, 2.05) is 6.92 Å². The molecule has 0 aliphatic heterocycles. The van der Waals surface area contributed by atoms with Crippen LogP contribution < -0.4 is 0 Å². The van der Waals surface area contributed by atoms with E-state index in [2.05, 4.69) is 4.98 Å². The Bertz CT molecular complexity index is 593. The minimum absolute atomic E-state index is 0.0610. The number of rotatable bonds is 1. The zero-order chi connectivity index (χ0) is 11.9. The summed E-state index contributed by atoms with van der Waals surface area (Å²) in [5, 5.41) is 10.8. The predicted molar refractivity (Wildman–Crippen MR) is 63.2 cm³/mol. The molecule has 0 atom stereocenters. The number of phenolic OH excluding ortho intramolecular Hbond substituents is 1. The molecule has 82 valence electrons. The molecule has 2 aromatic rings. The molecule has 4 heteroatoms. The number of carbonyl (C=O) groups is 1. The maximum Gasteiger partial charge on any atom is 0.165 e. The lowest BCUT2D eigenvalue weighted by Gasteiger charge is -2.07. The Morgan fingerprint density at radius 1 is 1.44 bits per heavy atom. The van der Waals surface area contributed by atoms with Gasteiger partial charge in [-0.15, -0.1) is 0 Å². The summed E-state index contributed by atoms with van der Waals surface area (Å²) < 4.78 is 0. The molecule has 1 aromatic carbocycles. The first-order valence-corrected chi connectivity index (χ1v) is 5.18. The van der Waals surface area contributed by atoms with Crippen molar-refractivity contribution in [3.8, 4) is 5.75 Å². The topological polar surface area (TPSA) is 50.2 Å². The van der Waals surface area contributed by atoms with E-state index in [1.54, 1.807) is 12.1 Å². The fourth-order valence-electron chi connectivity index (χ4n) is 1.76. The van der Waals surface area contributed by atoms with Crippen molar-refractivity contribution in [3.05, 3.63) is 34.5 Å². The van der Waals surface area contributed by atoms with Crippen molar-refractivity contribution < 1.29 is 9.90 Å². The van der Waals surface area contributed by atoms with Gasteiger partial charge in [0.05, 0.1) is 11.1 Å². The van der Waals surface area contributed by atoms with Gasteiger partial charge in [-0.3, -0.25) is 4.79 Å². The van der Waals surface area contributed by atoms with Gasteiger partial charge in [0.15, 0.2) is 5.78 Å². The average Bonchev–Trinajstić information content (AvgIpc) is 2.15. The van der Waals surface area contributed by atoms with Crippen LogP contribution in [0.25, 0.3) is 10.9 Å². The second-order valence-corrected chi connectivity index (χ2v) is 4.06. The standard InChI is InChI=1S/C12H10ClNO2/c1-6-5-10(13)14-12-8(6)3-4-9(16)11(12)7(2)15/h3-5,16H,1-2H3. The maximum atomic E-state index is 11.5. The molecule has 3 nitrogen and oxygen atoms in total. The van der Waals surface area contributed by atoms with Crippen LogP contribution in [0.5, 0.6) is 5.75 Å². The van der Waals surface area contributed by atoms with E-state index in [1.165, 1.54) is 13.0 Å². The van der Waals surface area contributed by atoms with Crippen LogP contribution in [0.2, 0.25) is 5.15 Å². The maximum absolute atomic E-state index is 11.5. The SMILES string of the molecule is CC(=O)c1c(O)ccc2c(C)cc(Cl)nc12. The molecular weight excluding hydrogens is 226 g/mol. The van der Waals surface area contributed by atoms with Crippen molar-refractivity contribution >= 4 is 28.3 Å².